The molecule has 0 aromatic rings. The van der Waals surface area contributed by atoms with Crippen LogP contribution in [0, 0.1) is 5.41 Å². The topological polar surface area (TPSA) is 29.3 Å². The van der Waals surface area contributed by atoms with Gasteiger partial charge in [0.15, 0.2) is 0 Å². The molecule has 0 atom stereocenters. The third-order valence-electron chi connectivity index (χ3n) is 2.10. The van der Waals surface area contributed by atoms with E-state index in [-0.39, 0.29) is 5.41 Å². The van der Waals surface area contributed by atoms with E-state index in [0.717, 1.165) is 0 Å². The molecule has 0 aromatic carbocycles. The summed E-state index contributed by atoms with van der Waals surface area (Å²) in [6.45, 7) is 12.7. The third kappa shape index (κ3) is 4.47. The van der Waals surface area contributed by atoms with Gasteiger partial charge in [-0.2, -0.15) is 0 Å². The van der Waals surface area contributed by atoms with E-state index in [1.165, 1.54) is 5.57 Å². The van der Waals surface area contributed by atoms with Crippen LogP contribution in [0.1, 0.15) is 41.5 Å². The molecule has 0 amide bonds. The molecule has 2 nitrogen and oxygen atoms in total. The van der Waals surface area contributed by atoms with Gasteiger partial charge in [0.25, 0.3) is 0 Å². The summed E-state index contributed by atoms with van der Waals surface area (Å²) in [5.74, 6) is 5.87. The minimum Gasteiger partial charge on any atom is -0.316 e. The summed E-state index contributed by atoms with van der Waals surface area (Å²) in [6.07, 6.45) is 6.18. The smallest absolute Gasteiger partial charge is 0.0389 e. The van der Waals surface area contributed by atoms with E-state index in [1.54, 1.807) is 5.01 Å². The fourth-order valence-electron chi connectivity index (χ4n) is 0.976. The molecule has 0 heterocycles. The molecule has 0 saturated carbocycles. The predicted molar refractivity (Wildman–Crippen MR) is 63.5 cm³/mol. The number of hydrogen-bond acceptors (Lipinski definition) is 2. The molecule has 0 aliphatic heterocycles. The highest BCUT2D eigenvalue weighted by molar-refractivity contribution is 5.23. The van der Waals surface area contributed by atoms with E-state index in [2.05, 4.69) is 40.7 Å². The summed E-state index contributed by atoms with van der Waals surface area (Å²) < 4.78 is 0. The van der Waals surface area contributed by atoms with E-state index in [4.69, 9.17) is 5.84 Å². The van der Waals surface area contributed by atoms with Crippen LogP contribution in [0.5, 0.6) is 0 Å². The van der Waals surface area contributed by atoms with Crippen LogP contribution in [0.15, 0.2) is 23.9 Å². The Morgan fingerprint density at radius 2 is 1.79 bits per heavy atom. The van der Waals surface area contributed by atoms with E-state index < -0.39 is 0 Å². The van der Waals surface area contributed by atoms with Gasteiger partial charge in [-0.25, -0.2) is 5.84 Å². The first kappa shape index (κ1) is 13.2. The van der Waals surface area contributed by atoms with Crippen LogP contribution in [0.3, 0.4) is 0 Å². The van der Waals surface area contributed by atoms with Crippen molar-refractivity contribution in [2.24, 2.45) is 11.3 Å². The van der Waals surface area contributed by atoms with Crippen molar-refractivity contribution >= 4 is 0 Å². The quantitative estimate of drug-likeness (QED) is 0.427. The first-order valence-corrected chi connectivity index (χ1v) is 5.17. The maximum atomic E-state index is 5.87. The van der Waals surface area contributed by atoms with Crippen molar-refractivity contribution in [1.82, 2.24) is 5.01 Å². The molecule has 2 heteroatoms. The van der Waals surface area contributed by atoms with Crippen molar-refractivity contribution in [3.05, 3.63) is 23.9 Å². The molecule has 82 valence electrons. The highest BCUT2D eigenvalue weighted by Gasteiger charge is 2.15. The van der Waals surface area contributed by atoms with Gasteiger partial charge in [-0.1, -0.05) is 32.9 Å². The number of hydrogen-bond donors (Lipinski definition) is 1. The van der Waals surface area contributed by atoms with Crippen molar-refractivity contribution in [2.75, 3.05) is 0 Å². The first-order chi connectivity index (χ1) is 6.29. The molecule has 0 spiro atoms. The fraction of sp³-hybridized carbons (Fsp3) is 0.667. The Hall–Kier alpha value is -0.760. The number of rotatable bonds is 3. The lowest BCUT2D eigenvalue weighted by atomic mass is 9.86. The van der Waals surface area contributed by atoms with Gasteiger partial charge in [-0.15, -0.1) is 0 Å². The summed E-state index contributed by atoms with van der Waals surface area (Å²) in [7, 11) is 0. The molecule has 0 aliphatic rings. The highest BCUT2D eigenvalue weighted by Crippen LogP contribution is 2.26. The van der Waals surface area contributed by atoms with Crippen molar-refractivity contribution in [3.63, 3.8) is 0 Å². The lowest BCUT2D eigenvalue weighted by Gasteiger charge is -2.25. The molecule has 0 bridgehead atoms. The van der Waals surface area contributed by atoms with Gasteiger partial charge >= 0.3 is 0 Å². The minimum absolute atomic E-state index is 0.138. The standard InChI is InChI=1S/C12H24N2/c1-7-8-11(12(4,5)6)9-14(13)10(2)3/h7-10H,13H2,1-6H3/b8-7-,11-9+. The third-order valence-corrected chi connectivity index (χ3v) is 2.10. The Morgan fingerprint density at radius 1 is 1.29 bits per heavy atom. The van der Waals surface area contributed by atoms with Crippen LogP contribution in [0.4, 0.5) is 0 Å². The van der Waals surface area contributed by atoms with Crippen molar-refractivity contribution < 1.29 is 0 Å². The number of nitrogens with two attached hydrogens (primary N) is 1. The second-order valence-electron chi connectivity index (χ2n) is 4.88. The lowest BCUT2D eigenvalue weighted by molar-refractivity contribution is 0.314. The molecule has 0 fully saturated rings. The SMILES string of the molecule is C/C=C\C(=C/N(N)C(C)C)C(C)(C)C. The fourth-order valence-corrected chi connectivity index (χ4v) is 0.976. The van der Waals surface area contributed by atoms with Gasteiger partial charge in [0.1, 0.15) is 0 Å². The van der Waals surface area contributed by atoms with E-state index in [1.807, 2.05) is 19.2 Å². The number of nitrogens with zero attached hydrogens (tertiary/aromatic N) is 1. The average molecular weight is 196 g/mol. The van der Waals surface area contributed by atoms with Crippen LogP contribution in [-0.4, -0.2) is 11.1 Å². The van der Waals surface area contributed by atoms with Crippen LogP contribution >= 0.6 is 0 Å². The van der Waals surface area contributed by atoms with Crippen molar-refractivity contribution in [3.8, 4) is 0 Å². The highest BCUT2D eigenvalue weighted by atomic mass is 15.4. The normalized spacial score (nSPS) is 14.1. The second-order valence-corrected chi connectivity index (χ2v) is 4.88. The van der Waals surface area contributed by atoms with Crippen LogP contribution in [0.2, 0.25) is 0 Å². The van der Waals surface area contributed by atoms with Gasteiger partial charge in [0.2, 0.25) is 0 Å². The minimum atomic E-state index is 0.138. The Kier molecular flexibility index (Phi) is 4.92. The first-order valence-electron chi connectivity index (χ1n) is 5.17. The molecule has 0 radical (unpaired) electrons. The molecular weight excluding hydrogens is 172 g/mol. The summed E-state index contributed by atoms with van der Waals surface area (Å²) >= 11 is 0. The van der Waals surface area contributed by atoms with E-state index >= 15 is 0 Å². The van der Waals surface area contributed by atoms with E-state index in [9.17, 15) is 0 Å². The van der Waals surface area contributed by atoms with E-state index in [0.29, 0.717) is 6.04 Å². The van der Waals surface area contributed by atoms with Crippen molar-refractivity contribution in [1.29, 1.82) is 0 Å². The van der Waals surface area contributed by atoms with Gasteiger partial charge in [0.05, 0.1) is 0 Å². The molecule has 0 aromatic heterocycles. The molecule has 0 rings (SSSR count). The average Bonchev–Trinajstić information content (AvgIpc) is 2.01. The zero-order valence-corrected chi connectivity index (χ0v) is 10.3. The molecule has 0 aliphatic carbocycles. The zero-order chi connectivity index (χ0) is 11.4. The number of hydrazine groups is 1. The maximum Gasteiger partial charge on any atom is 0.0389 e. The summed E-state index contributed by atoms with van der Waals surface area (Å²) in [5, 5.41) is 1.75. The molecule has 0 unspecified atom stereocenters. The summed E-state index contributed by atoms with van der Waals surface area (Å²) in [5.41, 5.74) is 1.38. The second kappa shape index (κ2) is 5.20. The predicted octanol–water partition coefficient (Wildman–Crippen LogP) is 3.08. The summed E-state index contributed by atoms with van der Waals surface area (Å²) in [6, 6.07) is 0.331. The monoisotopic (exact) mass is 196 g/mol. The largest absolute Gasteiger partial charge is 0.316 e. The zero-order valence-electron chi connectivity index (χ0n) is 10.3. The molecular formula is C12H24N2. The maximum absolute atomic E-state index is 5.87. The lowest BCUT2D eigenvalue weighted by Crippen LogP contribution is -2.33. The molecule has 2 N–H and O–H groups in total. The van der Waals surface area contributed by atoms with Crippen LogP contribution in [0.25, 0.3) is 0 Å². The van der Waals surface area contributed by atoms with Gasteiger partial charge in [-0.3, -0.25) is 0 Å². The van der Waals surface area contributed by atoms with Crippen molar-refractivity contribution in [2.45, 2.75) is 47.6 Å². The molecule has 0 saturated heterocycles. The number of allylic oxidation sites excluding steroid dienone is 3. The van der Waals surface area contributed by atoms with Gasteiger partial charge < -0.3 is 5.01 Å². The molecule has 14 heavy (non-hydrogen) atoms. The summed E-state index contributed by atoms with van der Waals surface area (Å²) in [4.78, 5) is 0. The van der Waals surface area contributed by atoms with Gasteiger partial charge in [-0.05, 0) is 31.8 Å². The Morgan fingerprint density at radius 3 is 2.07 bits per heavy atom. The van der Waals surface area contributed by atoms with Crippen LogP contribution < -0.4 is 5.84 Å². The Labute approximate surface area is 88.4 Å². The van der Waals surface area contributed by atoms with Gasteiger partial charge in [0, 0.05) is 12.2 Å². The Bertz CT molecular complexity index is 219. The Balaban J connectivity index is 4.83. The van der Waals surface area contributed by atoms with Crippen LogP contribution in [-0.2, 0) is 0 Å².